The Hall–Kier alpha value is -2.20. The van der Waals surface area contributed by atoms with Gasteiger partial charge in [-0.3, -0.25) is 10.1 Å². The van der Waals surface area contributed by atoms with Crippen molar-refractivity contribution < 1.29 is 32.3 Å². The highest BCUT2D eigenvalue weighted by Gasteiger charge is 2.21. The van der Waals surface area contributed by atoms with Crippen LogP contribution in [0.15, 0.2) is 23.1 Å². The second kappa shape index (κ2) is 7.58. The van der Waals surface area contributed by atoms with Gasteiger partial charge < -0.3 is 14.2 Å². The van der Waals surface area contributed by atoms with Gasteiger partial charge in [0.15, 0.2) is 22.2 Å². The Bertz CT molecular complexity index is 724. The maximum Gasteiger partial charge on any atom is 0.344 e. The molecule has 1 atom stereocenters. The first kappa shape index (κ1) is 18.1. The standard InChI is InChI=1S/C14H17NO8S/c1-24(19,20)11-4-5-13(12(7-11)15(17)18)22-9-14(16)23-8-10-3-2-6-21-10/h4-5,7,10H,2-3,6,8-9H2,1H3. The highest BCUT2D eigenvalue weighted by molar-refractivity contribution is 7.90. The van der Waals surface area contributed by atoms with E-state index in [0.29, 0.717) is 6.61 Å². The summed E-state index contributed by atoms with van der Waals surface area (Å²) in [5.74, 6) is -0.895. The number of nitrogens with zero attached hydrogens (tertiary/aromatic N) is 1. The van der Waals surface area contributed by atoms with E-state index >= 15 is 0 Å². The number of nitro benzene ring substituents is 1. The van der Waals surface area contributed by atoms with Gasteiger partial charge in [-0.25, -0.2) is 13.2 Å². The summed E-state index contributed by atoms with van der Waals surface area (Å²) >= 11 is 0. The molecule has 24 heavy (non-hydrogen) atoms. The van der Waals surface area contributed by atoms with Gasteiger partial charge in [0, 0.05) is 18.9 Å². The van der Waals surface area contributed by atoms with Crippen molar-refractivity contribution in [1.29, 1.82) is 0 Å². The number of carbonyl (C=O) groups is 1. The van der Waals surface area contributed by atoms with E-state index in [0.717, 1.165) is 31.2 Å². The van der Waals surface area contributed by atoms with Crippen molar-refractivity contribution in [2.75, 3.05) is 26.1 Å². The summed E-state index contributed by atoms with van der Waals surface area (Å²) in [6.07, 6.45) is 2.54. The molecular weight excluding hydrogens is 342 g/mol. The van der Waals surface area contributed by atoms with Gasteiger partial charge >= 0.3 is 11.7 Å². The highest BCUT2D eigenvalue weighted by Crippen LogP contribution is 2.29. The van der Waals surface area contributed by atoms with E-state index in [1.54, 1.807) is 0 Å². The third-order valence-electron chi connectivity index (χ3n) is 3.35. The first-order valence-corrected chi connectivity index (χ1v) is 9.05. The molecule has 1 aromatic rings. The molecule has 1 aliphatic rings. The van der Waals surface area contributed by atoms with Crippen LogP contribution < -0.4 is 4.74 Å². The first-order chi connectivity index (χ1) is 11.3. The molecule has 132 valence electrons. The van der Waals surface area contributed by atoms with Crippen LogP contribution in [-0.2, 0) is 24.1 Å². The van der Waals surface area contributed by atoms with Crippen molar-refractivity contribution in [1.82, 2.24) is 0 Å². The van der Waals surface area contributed by atoms with Crippen LogP contribution in [0.1, 0.15) is 12.8 Å². The number of rotatable bonds is 7. The Kier molecular flexibility index (Phi) is 5.73. The number of hydrogen-bond acceptors (Lipinski definition) is 8. The zero-order valence-electron chi connectivity index (χ0n) is 13.0. The van der Waals surface area contributed by atoms with E-state index < -0.39 is 33.0 Å². The summed E-state index contributed by atoms with van der Waals surface area (Å²) in [7, 11) is -3.59. The molecule has 1 saturated heterocycles. The van der Waals surface area contributed by atoms with Crippen molar-refractivity contribution in [3.8, 4) is 5.75 Å². The Balaban J connectivity index is 1.98. The molecule has 1 fully saturated rings. The lowest BCUT2D eigenvalue weighted by Gasteiger charge is -2.11. The number of benzene rings is 1. The second-order valence-corrected chi connectivity index (χ2v) is 7.28. The molecule has 0 aromatic heterocycles. The van der Waals surface area contributed by atoms with E-state index in [1.807, 2.05) is 0 Å². The summed E-state index contributed by atoms with van der Waals surface area (Å²) in [5, 5.41) is 11.0. The van der Waals surface area contributed by atoms with Gasteiger partial charge in [0.2, 0.25) is 0 Å². The quantitative estimate of drug-likeness (QED) is 0.403. The minimum atomic E-state index is -3.59. The molecule has 0 bridgehead atoms. The van der Waals surface area contributed by atoms with Crippen molar-refractivity contribution in [3.05, 3.63) is 28.3 Å². The Morgan fingerprint density at radius 1 is 1.46 bits per heavy atom. The number of ether oxygens (including phenoxy) is 3. The van der Waals surface area contributed by atoms with Gasteiger partial charge in [0.1, 0.15) is 6.61 Å². The Morgan fingerprint density at radius 2 is 2.21 bits per heavy atom. The zero-order chi connectivity index (χ0) is 17.7. The number of sulfone groups is 1. The molecule has 1 heterocycles. The summed E-state index contributed by atoms with van der Waals surface area (Å²) in [6.45, 7) is 0.223. The molecule has 0 N–H and O–H groups in total. The minimum Gasteiger partial charge on any atom is -0.475 e. The van der Waals surface area contributed by atoms with Gasteiger partial charge in [0.25, 0.3) is 0 Å². The Labute approximate surface area is 138 Å². The molecule has 0 amide bonds. The van der Waals surface area contributed by atoms with Crippen LogP contribution in [-0.4, -0.2) is 51.5 Å². The van der Waals surface area contributed by atoms with E-state index in [2.05, 4.69) is 0 Å². The summed E-state index contributed by atoms with van der Waals surface area (Å²) in [5.41, 5.74) is -0.537. The van der Waals surface area contributed by atoms with Gasteiger partial charge in [0.05, 0.1) is 15.9 Å². The van der Waals surface area contributed by atoms with Crippen LogP contribution in [0, 0.1) is 10.1 Å². The molecular formula is C14H17NO8S. The third-order valence-corrected chi connectivity index (χ3v) is 4.47. The van der Waals surface area contributed by atoms with E-state index in [-0.39, 0.29) is 23.4 Å². The van der Waals surface area contributed by atoms with E-state index in [9.17, 15) is 23.3 Å². The zero-order valence-corrected chi connectivity index (χ0v) is 13.8. The smallest absolute Gasteiger partial charge is 0.344 e. The molecule has 0 saturated carbocycles. The average molecular weight is 359 g/mol. The topological polar surface area (TPSA) is 122 Å². The SMILES string of the molecule is CS(=O)(=O)c1ccc(OCC(=O)OCC2CCCO2)c([N+](=O)[O-])c1. The normalized spacial score (nSPS) is 17.5. The lowest BCUT2D eigenvalue weighted by Crippen LogP contribution is -2.22. The van der Waals surface area contributed by atoms with E-state index in [1.165, 1.54) is 6.07 Å². The fourth-order valence-electron chi connectivity index (χ4n) is 2.13. The van der Waals surface area contributed by atoms with Crippen LogP contribution in [0.4, 0.5) is 5.69 Å². The fraction of sp³-hybridized carbons (Fsp3) is 0.500. The summed E-state index contributed by atoms with van der Waals surface area (Å²) in [6, 6.07) is 3.21. The molecule has 9 nitrogen and oxygen atoms in total. The fourth-order valence-corrected chi connectivity index (χ4v) is 2.77. The molecule has 0 aliphatic carbocycles. The molecule has 0 spiro atoms. The lowest BCUT2D eigenvalue weighted by molar-refractivity contribution is -0.386. The predicted molar refractivity (Wildman–Crippen MR) is 81.6 cm³/mol. The number of hydrogen-bond donors (Lipinski definition) is 0. The molecule has 10 heteroatoms. The number of esters is 1. The van der Waals surface area contributed by atoms with Gasteiger partial charge in [-0.05, 0) is 25.0 Å². The van der Waals surface area contributed by atoms with Gasteiger partial charge in [-0.15, -0.1) is 0 Å². The number of carbonyl (C=O) groups excluding carboxylic acids is 1. The van der Waals surface area contributed by atoms with Crippen molar-refractivity contribution in [3.63, 3.8) is 0 Å². The first-order valence-electron chi connectivity index (χ1n) is 7.16. The molecule has 0 radical (unpaired) electrons. The molecule has 1 unspecified atom stereocenters. The van der Waals surface area contributed by atoms with Crippen LogP contribution in [0.3, 0.4) is 0 Å². The third kappa shape index (κ3) is 4.90. The summed E-state index contributed by atoms with van der Waals surface area (Å²) in [4.78, 5) is 21.7. The van der Waals surface area contributed by atoms with Gasteiger partial charge in [-0.2, -0.15) is 0 Å². The van der Waals surface area contributed by atoms with Crippen LogP contribution >= 0.6 is 0 Å². The minimum absolute atomic E-state index is 0.108. The van der Waals surface area contributed by atoms with Crippen molar-refractivity contribution >= 4 is 21.5 Å². The number of nitro groups is 1. The van der Waals surface area contributed by atoms with Crippen molar-refractivity contribution in [2.45, 2.75) is 23.8 Å². The summed E-state index contributed by atoms with van der Waals surface area (Å²) < 4.78 is 38.3. The maximum absolute atomic E-state index is 11.6. The van der Waals surface area contributed by atoms with E-state index in [4.69, 9.17) is 14.2 Å². The maximum atomic E-state index is 11.6. The van der Waals surface area contributed by atoms with Gasteiger partial charge in [-0.1, -0.05) is 0 Å². The monoisotopic (exact) mass is 359 g/mol. The van der Waals surface area contributed by atoms with Crippen molar-refractivity contribution in [2.24, 2.45) is 0 Å². The highest BCUT2D eigenvalue weighted by atomic mass is 32.2. The molecule has 1 aliphatic heterocycles. The van der Waals surface area contributed by atoms with Crippen LogP contribution in [0.5, 0.6) is 5.75 Å². The molecule has 1 aromatic carbocycles. The average Bonchev–Trinajstić information content (AvgIpc) is 3.03. The molecule has 2 rings (SSSR count). The lowest BCUT2D eigenvalue weighted by atomic mass is 10.2. The predicted octanol–water partition coefficient (Wildman–Crippen LogP) is 1.10. The van der Waals surface area contributed by atoms with Crippen LogP contribution in [0.2, 0.25) is 0 Å². The largest absolute Gasteiger partial charge is 0.475 e. The van der Waals surface area contributed by atoms with Crippen LogP contribution in [0.25, 0.3) is 0 Å². The Morgan fingerprint density at radius 3 is 2.79 bits per heavy atom. The second-order valence-electron chi connectivity index (χ2n) is 5.27.